The normalized spacial score (nSPS) is 13.8. The molecule has 0 aromatic rings. The van der Waals surface area contributed by atoms with E-state index in [1.54, 1.807) is 0 Å². The van der Waals surface area contributed by atoms with Crippen LogP contribution >= 0.6 is 15.6 Å². The third-order valence-corrected chi connectivity index (χ3v) is 21.7. The lowest BCUT2D eigenvalue weighted by molar-refractivity contribution is -0.161. The van der Waals surface area contributed by atoms with Crippen LogP contribution in [0.15, 0.2) is 0 Å². The predicted octanol–water partition coefficient (Wildman–Crippen LogP) is 25.6. The van der Waals surface area contributed by atoms with Crippen molar-refractivity contribution in [1.82, 2.24) is 0 Å². The smallest absolute Gasteiger partial charge is 0.462 e. The van der Waals surface area contributed by atoms with Gasteiger partial charge in [0.1, 0.15) is 19.3 Å². The number of carbonyl (C=O) groups is 4. The molecule has 0 saturated heterocycles. The minimum atomic E-state index is -4.96. The third-order valence-electron chi connectivity index (χ3n) is 19.8. The van der Waals surface area contributed by atoms with Crippen LogP contribution in [-0.2, 0) is 65.4 Å². The Kier molecular flexibility index (Phi) is 75.4. The average Bonchev–Trinajstić information content (AvgIpc) is 0.955. The summed E-state index contributed by atoms with van der Waals surface area (Å²) in [4.78, 5) is 73.0. The molecule has 0 rings (SSSR count). The van der Waals surface area contributed by atoms with E-state index < -0.39 is 97.5 Å². The molecule has 0 heterocycles. The van der Waals surface area contributed by atoms with E-state index in [1.165, 1.54) is 276 Å². The van der Waals surface area contributed by atoms with Crippen molar-refractivity contribution in [2.45, 2.75) is 470 Å². The molecule has 0 aromatic heterocycles. The fourth-order valence-corrected chi connectivity index (χ4v) is 14.7. The van der Waals surface area contributed by atoms with Crippen molar-refractivity contribution in [2.24, 2.45) is 5.92 Å². The van der Waals surface area contributed by atoms with Crippen LogP contribution in [0, 0.1) is 5.92 Å². The molecule has 0 bridgehead atoms. The molecule has 0 radical (unpaired) electrons. The molecule has 0 saturated carbocycles. The van der Waals surface area contributed by atoms with Crippen LogP contribution in [0.2, 0.25) is 0 Å². The zero-order chi connectivity index (χ0) is 75.5. The number of rotatable bonds is 84. The second kappa shape index (κ2) is 76.8. The van der Waals surface area contributed by atoms with Gasteiger partial charge in [-0.3, -0.25) is 37.3 Å². The molecule has 612 valence electrons. The molecule has 0 aromatic carbocycles. The first-order valence-corrected chi connectivity index (χ1v) is 46.6. The summed E-state index contributed by atoms with van der Waals surface area (Å²) in [6, 6.07) is 0. The molecule has 0 aliphatic carbocycles. The first kappa shape index (κ1) is 101. The van der Waals surface area contributed by atoms with Crippen molar-refractivity contribution in [2.75, 3.05) is 39.6 Å². The van der Waals surface area contributed by atoms with Gasteiger partial charge in [-0.15, -0.1) is 0 Å². The van der Waals surface area contributed by atoms with Crippen molar-refractivity contribution < 1.29 is 80.2 Å². The summed E-state index contributed by atoms with van der Waals surface area (Å²) in [6.07, 6.45) is 69.6. The van der Waals surface area contributed by atoms with Gasteiger partial charge in [-0.25, -0.2) is 9.13 Å². The van der Waals surface area contributed by atoms with Gasteiger partial charge in [-0.05, 0) is 31.6 Å². The number of unbranched alkanes of at least 4 members (excludes halogenated alkanes) is 56. The Morgan fingerprint density at radius 1 is 0.262 bits per heavy atom. The summed E-state index contributed by atoms with van der Waals surface area (Å²) < 4.78 is 68.7. The van der Waals surface area contributed by atoms with E-state index >= 15 is 0 Å². The maximum atomic E-state index is 13.1. The van der Waals surface area contributed by atoms with E-state index in [2.05, 4.69) is 34.6 Å². The topological polar surface area (TPSA) is 237 Å². The number of phosphoric ester groups is 2. The van der Waals surface area contributed by atoms with E-state index in [0.717, 1.165) is 95.8 Å². The molecule has 0 fully saturated rings. The highest BCUT2D eigenvalue weighted by molar-refractivity contribution is 7.47. The SMILES string of the molecule is CCCCCCCCCCCCCCCCCCCCCCCCC(=O)O[C@H](COC(=O)CCCCCCCCCCCCCCCCC(C)C)COP(=O)(O)OC[C@@H](O)COP(=O)(O)OC[C@@H](COC(=O)CCCCCCCCCC)OC(=O)CCCCCCCCCCCCCCCCCC. The van der Waals surface area contributed by atoms with Gasteiger partial charge in [0.2, 0.25) is 0 Å². The Morgan fingerprint density at radius 3 is 0.660 bits per heavy atom. The highest BCUT2D eigenvalue weighted by Crippen LogP contribution is 2.45. The summed E-state index contributed by atoms with van der Waals surface area (Å²) in [7, 11) is -9.92. The van der Waals surface area contributed by atoms with Gasteiger partial charge in [0.15, 0.2) is 12.2 Å². The van der Waals surface area contributed by atoms with Crippen LogP contribution in [0.1, 0.15) is 452 Å². The summed E-state index contributed by atoms with van der Waals surface area (Å²) in [5.74, 6) is -1.31. The first-order chi connectivity index (χ1) is 50.0. The maximum Gasteiger partial charge on any atom is 0.472 e. The van der Waals surface area contributed by atoms with Crippen molar-refractivity contribution in [3.8, 4) is 0 Å². The maximum absolute atomic E-state index is 13.1. The van der Waals surface area contributed by atoms with E-state index in [9.17, 15) is 43.2 Å². The van der Waals surface area contributed by atoms with Gasteiger partial charge < -0.3 is 33.8 Å². The molecule has 2 unspecified atom stereocenters. The van der Waals surface area contributed by atoms with Crippen LogP contribution in [0.5, 0.6) is 0 Å². The van der Waals surface area contributed by atoms with Crippen LogP contribution < -0.4 is 0 Å². The lowest BCUT2D eigenvalue weighted by atomic mass is 10.0. The number of hydrogen-bond donors (Lipinski definition) is 3. The van der Waals surface area contributed by atoms with Crippen molar-refractivity contribution >= 4 is 39.5 Å². The Morgan fingerprint density at radius 2 is 0.447 bits per heavy atom. The molecular formula is C84H164O17P2. The minimum absolute atomic E-state index is 0.109. The quantitative estimate of drug-likeness (QED) is 0.0222. The van der Waals surface area contributed by atoms with Crippen molar-refractivity contribution in [3.63, 3.8) is 0 Å². The van der Waals surface area contributed by atoms with Crippen molar-refractivity contribution in [3.05, 3.63) is 0 Å². The molecular weight excluding hydrogens is 1340 g/mol. The first-order valence-electron chi connectivity index (χ1n) is 43.6. The van der Waals surface area contributed by atoms with Gasteiger partial charge in [0.05, 0.1) is 26.4 Å². The molecule has 103 heavy (non-hydrogen) atoms. The standard InChI is InChI=1S/C84H164O17P2/c1-6-9-12-15-18-21-23-25-27-29-30-31-32-33-34-36-42-46-50-55-60-65-70-84(89)101-80(74-95-82(87)68-63-58-53-48-44-40-38-37-39-43-47-51-56-61-66-77(4)5)76-99-103(92,93)97-72-78(85)71-96-102(90,91)98-75-79(73-94-81(86)67-62-57-52-20-17-14-11-8-3)100-83(88)69-64-59-54-49-45-41-35-28-26-24-22-19-16-13-10-7-2/h77-80,85H,6-76H2,1-5H3,(H,90,91)(H,92,93)/t78-,79+,80+/m0/s1. The van der Waals surface area contributed by atoms with E-state index in [-0.39, 0.29) is 25.7 Å². The average molecular weight is 1510 g/mol. The molecule has 19 heteroatoms. The number of phosphoric acid groups is 2. The molecule has 17 nitrogen and oxygen atoms in total. The third kappa shape index (κ3) is 78.0. The number of aliphatic hydroxyl groups is 1. The van der Waals surface area contributed by atoms with Crippen LogP contribution in [0.25, 0.3) is 0 Å². The fourth-order valence-electron chi connectivity index (χ4n) is 13.1. The van der Waals surface area contributed by atoms with Gasteiger partial charge in [0.25, 0.3) is 0 Å². The summed E-state index contributed by atoms with van der Waals surface area (Å²) in [5.41, 5.74) is 0. The van der Waals surface area contributed by atoms with Gasteiger partial charge >= 0.3 is 39.5 Å². The molecule has 0 amide bonds. The van der Waals surface area contributed by atoms with Crippen molar-refractivity contribution in [1.29, 1.82) is 0 Å². The number of aliphatic hydroxyl groups excluding tert-OH is 1. The summed E-state index contributed by atoms with van der Waals surface area (Å²) >= 11 is 0. The van der Waals surface area contributed by atoms with Crippen LogP contribution in [0.3, 0.4) is 0 Å². The van der Waals surface area contributed by atoms with E-state index in [0.29, 0.717) is 25.7 Å². The minimum Gasteiger partial charge on any atom is -0.462 e. The molecule has 3 N–H and O–H groups in total. The lowest BCUT2D eigenvalue weighted by Gasteiger charge is -2.21. The second-order valence-electron chi connectivity index (χ2n) is 30.7. The van der Waals surface area contributed by atoms with Gasteiger partial charge in [-0.2, -0.15) is 0 Å². The van der Waals surface area contributed by atoms with E-state index in [1.807, 2.05) is 0 Å². The lowest BCUT2D eigenvalue weighted by Crippen LogP contribution is -2.30. The summed E-state index contributed by atoms with van der Waals surface area (Å²) in [6.45, 7) is 7.35. The molecule has 5 atom stereocenters. The Hall–Kier alpha value is -1.94. The molecule has 0 aliphatic heterocycles. The van der Waals surface area contributed by atoms with Crippen LogP contribution in [0.4, 0.5) is 0 Å². The number of carbonyl (C=O) groups excluding carboxylic acids is 4. The Bertz CT molecular complexity index is 1960. The largest absolute Gasteiger partial charge is 0.472 e. The van der Waals surface area contributed by atoms with Gasteiger partial charge in [-0.1, -0.05) is 401 Å². The van der Waals surface area contributed by atoms with Gasteiger partial charge in [0, 0.05) is 25.7 Å². The number of ether oxygens (including phenoxy) is 4. The molecule has 0 aliphatic rings. The fraction of sp³-hybridized carbons (Fsp3) is 0.952. The molecule has 0 spiro atoms. The van der Waals surface area contributed by atoms with Crippen LogP contribution in [-0.4, -0.2) is 96.7 Å². The number of esters is 4. The Labute approximate surface area is 632 Å². The summed E-state index contributed by atoms with van der Waals surface area (Å²) in [5, 5.41) is 10.6. The monoisotopic (exact) mass is 1510 g/mol. The second-order valence-corrected chi connectivity index (χ2v) is 33.6. The predicted molar refractivity (Wildman–Crippen MR) is 423 cm³/mol. The van der Waals surface area contributed by atoms with E-state index in [4.69, 9.17) is 37.0 Å². The number of hydrogen-bond acceptors (Lipinski definition) is 15. The highest BCUT2D eigenvalue weighted by Gasteiger charge is 2.30. The highest BCUT2D eigenvalue weighted by atomic mass is 31.2. The zero-order valence-corrected chi connectivity index (χ0v) is 69.3. The Balaban J connectivity index is 5.18. The zero-order valence-electron chi connectivity index (χ0n) is 67.5.